The van der Waals surface area contributed by atoms with Crippen LogP contribution < -0.4 is 5.32 Å². The molecule has 0 spiro atoms. The van der Waals surface area contributed by atoms with Crippen molar-refractivity contribution >= 4 is 0 Å². The summed E-state index contributed by atoms with van der Waals surface area (Å²) >= 11 is 0. The van der Waals surface area contributed by atoms with Crippen LogP contribution in [0.1, 0.15) is 65.2 Å². The Hall–Kier alpha value is -0.0400. The van der Waals surface area contributed by atoms with Crippen LogP contribution >= 0.6 is 0 Å². The van der Waals surface area contributed by atoms with E-state index >= 15 is 0 Å². The Kier molecular flexibility index (Phi) is 1.98. The summed E-state index contributed by atoms with van der Waals surface area (Å²) in [6, 6.07) is 0. The van der Waals surface area contributed by atoms with E-state index in [1.54, 1.807) is 0 Å². The Bertz CT molecular complexity index is 325. The first kappa shape index (κ1) is 10.8. The zero-order valence-electron chi connectivity index (χ0n) is 11.5. The van der Waals surface area contributed by atoms with Crippen LogP contribution in [-0.4, -0.2) is 12.1 Å². The van der Waals surface area contributed by atoms with E-state index in [4.69, 9.17) is 0 Å². The summed E-state index contributed by atoms with van der Waals surface area (Å²) in [5.41, 5.74) is 1.89. The maximum atomic E-state index is 4.04. The molecule has 0 saturated heterocycles. The predicted molar refractivity (Wildman–Crippen MR) is 70.9 cm³/mol. The molecule has 0 aromatic carbocycles. The van der Waals surface area contributed by atoms with Crippen molar-refractivity contribution in [3.8, 4) is 0 Å². The molecule has 5 rings (SSSR count). The molecule has 5 aliphatic carbocycles. The van der Waals surface area contributed by atoms with Gasteiger partial charge in [0.2, 0.25) is 0 Å². The molecule has 0 aromatic rings. The summed E-state index contributed by atoms with van der Waals surface area (Å²) in [7, 11) is 0. The lowest BCUT2D eigenvalue weighted by molar-refractivity contribution is -0.117. The van der Waals surface area contributed by atoms with Crippen molar-refractivity contribution in [1.29, 1.82) is 0 Å². The average Bonchev–Trinajstić information content (AvgIpc) is 2.91. The summed E-state index contributed by atoms with van der Waals surface area (Å²) in [6.45, 7) is 6.46. The molecule has 4 bridgehead atoms. The van der Waals surface area contributed by atoms with E-state index in [2.05, 4.69) is 19.2 Å². The van der Waals surface area contributed by atoms with E-state index in [0.717, 1.165) is 11.8 Å². The minimum atomic E-state index is 0.547. The highest BCUT2D eigenvalue weighted by atomic mass is 15.0. The Labute approximate surface area is 106 Å². The van der Waals surface area contributed by atoms with Gasteiger partial charge >= 0.3 is 0 Å². The summed E-state index contributed by atoms with van der Waals surface area (Å²) in [5.74, 6) is 2.07. The molecule has 5 aliphatic rings. The van der Waals surface area contributed by atoms with E-state index < -0.39 is 0 Å². The molecular weight excluding hydrogens is 206 g/mol. The highest BCUT2D eigenvalue weighted by molar-refractivity contribution is 5.14. The number of rotatable bonds is 3. The van der Waals surface area contributed by atoms with E-state index in [1.165, 1.54) is 57.9 Å². The molecule has 96 valence electrons. The third-order valence-electron chi connectivity index (χ3n) is 6.09. The zero-order chi connectivity index (χ0) is 11.7. The molecule has 5 saturated carbocycles. The number of hydrogen-bond acceptors (Lipinski definition) is 1. The smallest absolute Gasteiger partial charge is 0.0194 e. The van der Waals surface area contributed by atoms with Gasteiger partial charge in [-0.1, -0.05) is 13.8 Å². The van der Waals surface area contributed by atoms with Crippen molar-refractivity contribution in [1.82, 2.24) is 5.32 Å². The summed E-state index contributed by atoms with van der Waals surface area (Å²) in [4.78, 5) is 0. The fourth-order valence-electron chi connectivity index (χ4n) is 6.33. The first-order valence-corrected chi connectivity index (χ1v) is 7.74. The quantitative estimate of drug-likeness (QED) is 0.783. The van der Waals surface area contributed by atoms with Crippen LogP contribution in [0.5, 0.6) is 0 Å². The fraction of sp³-hybridized carbons (Fsp3) is 1.00. The van der Waals surface area contributed by atoms with Crippen molar-refractivity contribution in [2.45, 2.75) is 70.8 Å². The molecule has 17 heavy (non-hydrogen) atoms. The van der Waals surface area contributed by atoms with Crippen molar-refractivity contribution < 1.29 is 0 Å². The van der Waals surface area contributed by atoms with Crippen molar-refractivity contribution in [3.63, 3.8) is 0 Å². The SMILES string of the molecule is CC12CC3CC(C)(C1)CC(NCC1CC1)(C3)C2. The third kappa shape index (κ3) is 1.77. The average molecular weight is 233 g/mol. The first-order valence-electron chi connectivity index (χ1n) is 7.74. The van der Waals surface area contributed by atoms with Crippen molar-refractivity contribution in [2.24, 2.45) is 22.7 Å². The topological polar surface area (TPSA) is 12.0 Å². The maximum absolute atomic E-state index is 4.04. The van der Waals surface area contributed by atoms with Gasteiger partial charge in [0.05, 0.1) is 0 Å². The summed E-state index contributed by atoms with van der Waals surface area (Å²) < 4.78 is 0. The number of hydrogen-bond donors (Lipinski definition) is 1. The van der Waals surface area contributed by atoms with Crippen LogP contribution in [0.4, 0.5) is 0 Å². The molecule has 0 heterocycles. The molecule has 2 atom stereocenters. The maximum Gasteiger partial charge on any atom is 0.0194 e. The normalized spacial score (nSPS) is 56.5. The van der Waals surface area contributed by atoms with Crippen molar-refractivity contribution in [3.05, 3.63) is 0 Å². The van der Waals surface area contributed by atoms with Crippen LogP contribution in [0, 0.1) is 22.7 Å². The van der Waals surface area contributed by atoms with Gasteiger partial charge in [0.1, 0.15) is 0 Å². The summed E-state index contributed by atoms with van der Waals surface area (Å²) in [5, 5.41) is 4.04. The minimum Gasteiger partial charge on any atom is -0.311 e. The largest absolute Gasteiger partial charge is 0.311 e. The van der Waals surface area contributed by atoms with Crippen molar-refractivity contribution in [2.75, 3.05) is 6.54 Å². The molecule has 1 nitrogen and oxygen atoms in total. The lowest BCUT2D eigenvalue weighted by Gasteiger charge is -2.65. The lowest BCUT2D eigenvalue weighted by atomic mass is 9.43. The highest BCUT2D eigenvalue weighted by Crippen LogP contribution is 2.66. The fourth-order valence-corrected chi connectivity index (χ4v) is 6.33. The molecule has 1 N–H and O–H groups in total. The van der Waals surface area contributed by atoms with Gasteiger partial charge in [-0.2, -0.15) is 0 Å². The highest BCUT2D eigenvalue weighted by Gasteiger charge is 2.59. The van der Waals surface area contributed by atoms with E-state index in [-0.39, 0.29) is 0 Å². The van der Waals surface area contributed by atoms with E-state index in [1.807, 2.05) is 0 Å². The lowest BCUT2D eigenvalue weighted by Crippen LogP contribution is -2.64. The molecule has 0 amide bonds. The van der Waals surface area contributed by atoms with Gasteiger partial charge in [-0.3, -0.25) is 0 Å². The summed E-state index contributed by atoms with van der Waals surface area (Å²) in [6.07, 6.45) is 12.0. The standard InChI is InChI=1S/C16H27N/c1-14-5-13-6-15(2,9-14)11-16(7-13,10-14)17-8-12-3-4-12/h12-13,17H,3-11H2,1-2H3. The molecule has 2 unspecified atom stereocenters. The van der Waals surface area contributed by atoms with E-state index in [0.29, 0.717) is 16.4 Å². The molecule has 0 aromatic heterocycles. The van der Waals surface area contributed by atoms with Crippen LogP contribution in [0.3, 0.4) is 0 Å². The molecular formula is C16H27N. The van der Waals surface area contributed by atoms with Gasteiger partial charge in [0.15, 0.2) is 0 Å². The Morgan fingerprint density at radius 3 is 2.12 bits per heavy atom. The first-order chi connectivity index (χ1) is 7.99. The van der Waals surface area contributed by atoms with E-state index in [9.17, 15) is 0 Å². The Balaban J connectivity index is 1.58. The van der Waals surface area contributed by atoms with Crippen LogP contribution in [0.2, 0.25) is 0 Å². The Morgan fingerprint density at radius 2 is 1.59 bits per heavy atom. The van der Waals surface area contributed by atoms with Gasteiger partial charge in [-0.15, -0.1) is 0 Å². The molecule has 1 heteroatoms. The van der Waals surface area contributed by atoms with Gasteiger partial charge in [-0.05, 0) is 80.6 Å². The minimum absolute atomic E-state index is 0.547. The second kappa shape index (κ2) is 3.10. The van der Waals surface area contributed by atoms with Gasteiger partial charge in [0, 0.05) is 5.54 Å². The second-order valence-electron chi connectivity index (χ2n) is 8.73. The second-order valence-corrected chi connectivity index (χ2v) is 8.73. The van der Waals surface area contributed by atoms with Gasteiger partial charge < -0.3 is 5.32 Å². The van der Waals surface area contributed by atoms with Crippen LogP contribution in [0.25, 0.3) is 0 Å². The third-order valence-corrected chi connectivity index (χ3v) is 6.09. The predicted octanol–water partition coefficient (Wildman–Crippen LogP) is 3.74. The molecule has 5 fully saturated rings. The number of nitrogens with one attached hydrogen (secondary N) is 1. The Morgan fingerprint density at radius 1 is 0.941 bits per heavy atom. The zero-order valence-corrected chi connectivity index (χ0v) is 11.5. The molecule has 0 aliphatic heterocycles. The van der Waals surface area contributed by atoms with Crippen LogP contribution in [0.15, 0.2) is 0 Å². The molecule has 0 radical (unpaired) electrons. The monoisotopic (exact) mass is 233 g/mol. The van der Waals surface area contributed by atoms with Crippen LogP contribution in [-0.2, 0) is 0 Å². The van der Waals surface area contributed by atoms with Gasteiger partial charge in [0.25, 0.3) is 0 Å². The van der Waals surface area contributed by atoms with Gasteiger partial charge in [-0.25, -0.2) is 0 Å².